The van der Waals surface area contributed by atoms with Crippen LogP contribution in [0.1, 0.15) is 13.3 Å². The lowest BCUT2D eigenvalue weighted by atomic mass is 10.4. The van der Waals surface area contributed by atoms with Gasteiger partial charge in [-0.15, -0.1) is 0 Å². The van der Waals surface area contributed by atoms with Crippen molar-refractivity contribution < 1.29 is 4.74 Å². The molecule has 1 aliphatic rings. The zero-order valence-electron chi connectivity index (χ0n) is 5.22. The summed E-state index contributed by atoms with van der Waals surface area (Å²) in [4.78, 5) is 0. The van der Waals surface area contributed by atoms with E-state index in [4.69, 9.17) is 4.74 Å². The van der Waals surface area contributed by atoms with E-state index in [1.54, 1.807) is 0 Å². The minimum atomic E-state index is 0.633. The summed E-state index contributed by atoms with van der Waals surface area (Å²) in [5.41, 5.74) is 0. The van der Waals surface area contributed by atoms with Crippen LogP contribution in [-0.2, 0) is 4.74 Å². The number of hydrogen-bond donors (Lipinski definition) is 0. The molecule has 8 heavy (non-hydrogen) atoms. The van der Waals surface area contributed by atoms with E-state index in [0.29, 0.717) is 6.10 Å². The van der Waals surface area contributed by atoms with Crippen molar-refractivity contribution in [2.75, 3.05) is 18.1 Å². The third kappa shape index (κ3) is 2.58. The molecular weight excluding hydrogens is 120 g/mol. The summed E-state index contributed by atoms with van der Waals surface area (Å²) in [5.74, 6) is 2.52. The minimum Gasteiger partial charge on any atom is -0.373 e. The van der Waals surface area contributed by atoms with Crippen molar-refractivity contribution in [1.82, 2.24) is 0 Å². The molecule has 0 aromatic rings. The molecule has 0 aliphatic carbocycles. The van der Waals surface area contributed by atoms with Gasteiger partial charge in [-0.3, -0.25) is 0 Å². The Bertz CT molecular complexity index is 61.5. The molecule has 0 spiro atoms. The van der Waals surface area contributed by atoms with E-state index < -0.39 is 0 Å². The topological polar surface area (TPSA) is 12.5 Å². The summed E-state index contributed by atoms with van der Waals surface area (Å²) < 4.78 is 5.04. The van der Waals surface area contributed by atoms with Crippen molar-refractivity contribution in [3.05, 3.63) is 0 Å². The third-order valence-electron chi connectivity index (χ3n) is 1.19. The molecule has 0 radical (unpaired) electrons. The fourth-order valence-electron chi connectivity index (χ4n) is 0.594. The highest BCUT2D eigenvalue weighted by atomic mass is 32.2. The molecule has 0 amide bonds. The molecule has 2 heteroatoms. The number of thioether (sulfide) groups is 1. The first-order valence-corrected chi connectivity index (χ1v) is 4.28. The largest absolute Gasteiger partial charge is 0.373 e. The second kappa shape index (κ2) is 3.36. The fraction of sp³-hybridized carbons (Fsp3) is 1.00. The molecule has 1 fully saturated rings. The average molecular weight is 132 g/mol. The predicted octanol–water partition coefficient (Wildman–Crippen LogP) is 1.53. The first-order valence-electron chi connectivity index (χ1n) is 3.13. The Morgan fingerprint density at radius 3 is 3.00 bits per heavy atom. The second-order valence-electron chi connectivity index (χ2n) is 1.94. The standard InChI is InChI=1S/C6H12OS/c1-2-8-4-3-6-5-7-6/h6H,2-5H2,1H3. The molecule has 1 nitrogen and oxygen atoms in total. The van der Waals surface area contributed by atoms with Crippen LogP contribution in [0.2, 0.25) is 0 Å². The molecule has 0 aromatic heterocycles. The number of ether oxygens (including phenoxy) is 1. The molecule has 1 unspecified atom stereocenters. The molecule has 1 heterocycles. The molecule has 1 aliphatic heterocycles. The highest BCUT2D eigenvalue weighted by molar-refractivity contribution is 7.99. The lowest BCUT2D eigenvalue weighted by Gasteiger charge is -1.91. The zero-order valence-corrected chi connectivity index (χ0v) is 6.04. The Balaban J connectivity index is 1.74. The fourth-order valence-corrected chi connectivity index (χ4v) is 1.31. The molecule has 0 aromatic carbocycles. The smallest absolute Gasteiger partial charge is 0.0817 e. The van der Waals surface area contributed by atoms with E-state index in [9.17, 15) is 0 Å². The monoisotopic (exact) mass is 132 g/mol. The van der Waals surface area contributed by atoms with Gasteiger partial charge in [0.05, 0.1) is 12.7 Å². The highest BCUT2D eigenvalue weighted by Gasteiger charge is 2.20. The summed E-state index contributed by atoms with van der Waals surface area (Å²) in [6, 6.07) is 0. The van der Waals surface area contributed by atoms with E-state index in [1.807, 2.05) is 11.8 Å². The van der Waals surface area contributed by atoms with Crippen molar-refractivity contribution in [3.63, 3.8) is 0 Å². The number of rotatable bonds is 4. The minimum absolute atomic E-state index is 0.633. The van der Waals surface area contributed by atoms with Gasteiger partial charge in [0.2, 0.25) is 0 Å². The van der Waals surface area contributed by atoms with Crippen LogP contribution in [0.15, 0.2) is 0 Å². The van der Waals surface area contributed by atoms with Gasteiger partial charge in [0, 0.05) is 0 Å². The number of epoxide rings is 1. The maximum atomic E-state index is 5.04. The molecule has 1 saturated heterocycles. The van der Waals surface area contributed by atoms with Gasteiger partial charge in [0.15, 0.2) is 0 Å². The van der Waals surface area contributed by atoms with Crippen LogP contribution in [-0.4, -0.2) is 24.2 Å². The molecule has 0 saturated carbocycles. The van der Waals surface area contributed by atoms with Crippen LogP contribution < -0.4 is 0 Å². The maximum Gasteiger partial charge on any atom is 0.0817 e. The van der Waals surface area contributed by atoms with Crippen LogP contribution in [0.25, 0.3) is 0 Å². The highest BCUT2D eigenvalue weighted by Crippen LogP contribution is 2.16. The Kier molecular flexibility index (Phi) is 2.70. The Hall–Kier alpha value is 0.310. The molecule has 1 atom stereocenters. The third-order valence-corrected chi connectivity index (χ3v) is 2.12. The van der Waals surface area contributed by atoms with Gasteiger partial charge < -0.3 is 4.74 Å². The molecule has 0 N–H and O–H groups in total. The zero-order chi connectivity index (χ0) is 5.82. The van der Waals surface area contributed by atoms with Gasteiger partial charge in [-0.25, -0.2) is 0 Å². The van der Waals surface area contributed by atoms with Crippen LogP contribution >= 0.6 is 11.8 Å². The normalized spacial score (nSPS) is 25.9. The summed E-state index contributed by atoms with van der Waals surface area (Å²) in [5, 5.41) is 0. The van der Waals surface area contributed by atoms with Gasteiger partial charge in [0.1, 0.15) is 0 Å². The lowest BCUT2D eigenvalue weighted by molar-refractivity contribution is 0.404. The predicted molar refractivity (Wildman–Crippen MR) is 37.4 cm³/mol. The Morgan fingerprint density at radius 1 is 1.75 bits per heavy atom. The van der Waals surface area contributed by atoms with Gasteiger partial charge in [-0.2, -0.15) is 11.8 Å². The van der Waals surface area contributed by atoms with Gasteiger partial charge in [-0.1, -0.05) is 6.92 Å². The summed E-state index contributed by atoms with van der Waals surface area (Å²) in [6.45, 7) is 3.21. The molecule has 1 rings (SSSR count). The molecule has 0 bridgehead atoms. The van der Waals surface area contributed by atoms with E-state index in [0.717, 1.165) is 6.61 Å². The van der Waals surface area contributed by atoms with E-state index in [2.05, 4.69) is 6.92 Å². The molecular formula is C6H12OS. The van der Waals surface area contributed by atoms with Gasteiger partial charge in [0.25, 0.3) is 0 Å². The van der Waals surface area contributed by atoms with Crippen LogP contribution in [0, 0.1) is 0 Å². The molecule has 48 valence electrons. The summed E-state index contributed by atoms with van der Waals surface area (Å²) in [6.07, 6.45) is 1.90. The average Bonchev–Trinajstić information content (AvgIpc) is 2.51. The quantitative estimate of drug-likeness (QED) is 0.425. The SMILES string of the molecule is CCSCCC1CO1. The number of hydrogen-bond acceptors (Lipinski definition) is 2. The lowest BCUT2D eigenvalue weighted by Crippen LogP contribution is -1.87. The van der Waals surface area contributed by atoms with E-state index in [1.165, 1.54) is 17.9 Å². The van der Waals surface area contributed by atoms with Crippen molar-refractivity contribution in [2.24, 2.45) is 0 Å². The van der Waals surface area contributed by atoms with E-state index in [-0.39, 0.29) is 0 Å². The van der Waals surface area contributed by atoms with Crippen molar-refractivity contribution in [1.29, 1.82) is 0 Å². The van der Waals surface area contributed by atoms with Crippen molar-refractivity contribution in [2.45, 2.75) is 19.4 Å². The van der Waals surface area contributed by atoms with Crippen LogP contribution in [0.4, 0.5) is 0 Å². The first kappa shape index (κ1) is 6.43. The maximum absolute atomic E-state index is 5.04. The van der Waals surface area contributed by atoms with Crippen LogP contribution in [0.3, 0.4) is 0 Å². The summed E-state index contributed by atoms with van der Waals surface area (Å²) in [7, 11) is 0. The van der Waals surface area contributed by atoms with Gasteiger partial charge >= 0.3 is 0 Å². The van der Waals surface area contributed by atoms with Crippen molar-refractivity contribution in [3.8, 4) is 0 Å². The van der Waals surface area contributed by atoms with Crippen LogP contribution in [0.5, 0.6) is 0 Å². The Morgan fingerprint density at radius 2 is 2.50 bits per heavy atom. The Labute approximate surface area is 54.8 Å². The summed E-state index contributed by atoms with van der Waals surface area (Å²) >= 11 is 2.00. The van der Waals surface area contributed by atoms with Crippen molar-refractivity contribution >= 4 is 11.8 Å². The van der Waals surface area contributed by atoms with E-state index >= 15 is 0 Å². The second-order valence-corrected chi connectivity index (χ2v) is 3.33. The van der Waals surface area contributed by atoms with Gasteiger partial charge in [-0.05, 0) is 17.9 Å². The first-order chi connectivity index (χ1) is 3.93.